The molecule has 0 saturated heterocycles. The maximum Gasteiger partial charge on any atom is 0.119 e. The zero-order chi connectivity index (χ0) is 15.2. The van der Waals surface area contributed by atoms with Gasteiger partial charge in [0.05, 0.1) is 13.2 Å². The summed E-state index contributed by atoms with van der Waals surface area (Å²) in [6, 6.07) is 18.0. The van der Waals surface area contributed by atoms with Crippen molar-refractivity contribution in [2.75, 3.05) is 7.11 Å². The Balaban J connectivity index is 2.36. The first-order chi connectivity index (χ1) is 10.2. The van der Waals surface area contributed by atoms with Gasteiger partial charge < -0.3 is 9.84 Å². The summed E-state index contributed by atoms with van der Waals surface area (Å²) in [7, 11) is 1.65. The Labute approximate surface area is 127 Å². The highest BCUT2D eigenvalue weighted by Crippen LogP contribution is 2.38. The quantitative estimate of drug-likeness (QED) is 0.842. The molecule has 0 aromatic heterocycles. The van der Waals surface area contributed by atoms with Gasteiger partial charge in [-0.15, -0.1) is 0 Å². The Morgan fingerprint density at radius 2 is 1.67 bits per heavy atom. The monoisotopic (exact) mass is 284 g/mol. The molecule has 2 aromatic rings. The molecule has 0 amide bonds. The molecule has 2 aromatic carbocycles. The second kappa shape index (κ2) is 7.28. The van der Waals surface area contributed by atoms with Crippen molar-refractivity contribution >= 4 is 0 Å². The van der Waals surface area contributed by atoms with Gasteiger partial charge in [0.15, 0.2) is 0 Å². The number of benzene rings is 2. The smallest absolute Gasteiger partial charge is 0.119 e. The summed E-state index contributed by atoms with van der Waals surface area (Å²) >= 11 is 0. The topological polar surface area (TPSA) is 29.5 Å². The Bertz CT molecular complexity index is 551. The van der Waals surface area contributed by atoms with Crippen LogP contribution >= 0.6 is 0 Å². The van der Waals surface area contributed by atoms with E-state index in [2.05, 4.69) is 26.0 Å². The maximum atomic E-state index is 10.9. The zero-order valence-corrected chi connectivity index (χ0v) is 13.0. The van der Waals surface area contributed by atoms with Crippen LogP contribution in [0.15, 0.2) is 54.6 Å². The van der Waals surface area contributed by atoms with Crippen LogP contribution in [0.4, 0.5) is 0 Å². The van der Waals surface area contributed by atoms with E-state index in [1.54, 1.807) is 7.11 Å². The van der Waals surface area contributed by atoms with Crippen molar-refractivity contribution in [2.45, 2.75) is 32.3 Å². The highest BCUT2D eigenvalue weighted by Gasteiger charge is 2.27. The van der Waals surface area contributed by atoms with Gasteiger partial charge in [0.25, 0.3) is 0 Å². The van der Waals surface area contributed by atoms with Crippen LogP contribution in [-0.4, -0.2) is 12.2 Å². The number of methoxy groups -OCH3 is 1. The Morgan fingerprint density at radius 1 is 1.00 bits per heavy atom. The molecule has 1 N–H and O–H groups in total. The largest absolute Gasteiger partial charge is 0.497 e. The number of rotatable bonds is 6. The molecule has 0 radical (unpaired) electrons. The lowest BCUT2D eigenvalue weighted by Crippen LogP contribution is -2.18. The molecule has 112 valence electrons. The van der Waals surface area contributed by atoms with Gasteiger partial charge in [-0.25, -0.2) is 0 Å². The lowest BCUT2D eigenvalue weighted by molar-refractivity contribution is 0.117. The van der Waals surface area contributed by atoms with Crippen molar-refractivity contribution < 1.29 is 9.84 Å². The van der Waals surface area contributed by atoms with E-state index in [4.69, 9.17) is 4.74 Å². The van der Waals surface area contributed by atoms with Crippen LogP contribution in [0.3, 0.4) is 0 Å². The molecule has 3 unspecified atom stereocenters. The predicted molar refractivity (Wildman–Crippen MR) is 86.6 cm³/mol. The summed E-state index contributed by atoms with van der Waals surface area (Å²) in [6.45, 7) is 4.36. The van der Waals surface area contributed by atoms with Crippen molar-refractivity contribution in [1.82, 2.24) is 0 Å². The van der Waals surface area contributed by atoms with Gasteiger partial charge in [0, 0.05) is 5.92 Å². The molecule has 0 saturated carbocycles. The van der Waals surface area contributed by atoms with Gasteiger partial charge in [0.1, 0.15) is 5.75 Å². The average molecular weight is 284 g/mol. The lowest BCUT2D eigenvalue weighted by Gasteiger charge is -2.29. The molecule has 2 heteroatoms. The van der Waals surface area contributed by atoms with Gasteiger partial charge in [-0.3, -0.25) is 0 Å². The van der Waals surface area contributed by atoms with Crippen molar-refractivity contribution in [1.29, 1.82) is 0 Å². The van der Waals surface area contributed by atoms with E-state index in [1.165, 1.54) is 5.56 Å². The number of aliphatic hydroxyl groups excluding tert-OH is 1. The summed E-state index contributed by atoms with van der Waals surface area (Å²) < 4.78 is 5.27. The van der Waals surface area contributed by atoms with Gasteiger partial charge >= 0.3 is 0 Å². The molecule has 0 fully saturated rings. The highest BCUT2D eigenvalue weighted by molar-refractivity contribution is 5.33. The molecule has 2 rings (SSSR count). The molecular formula is C19H24O2. The van der Waals surface area contributed by atoms with Crippen LogP contribution in [0, 0.1) is 5.92 Å². The number of ether oxygens (including phenoxy) is 1. The average Bonchev–Trinajstić information content (AvgIpc) is 2.55. The molecule has 0 bridgehead atoms. The minimum Gasteiger partial charge on any atom is -0.497 e. The highest BCUT2D eigenvalue weighted by atomic mass is 16.5. The first-order valence-corrected chi connectivity index (χ1v) is 7.54. The van der Waals surface area contributed by atoms with Crippen LogP contribution in [0.1, 0.15) is 43.4 Å². The molecule has 0 heterocycles. The fourth-order valence-corrected chi connectivity index (χ4v) is 2.78. The second-order valence-corrected chi connectivity index (χ2v) is 5.54. The third-order valence-electron chi connectivity index (χ3n) is 4.22. The Hall–Kier alpha value is -1.80. The van der Waals surface area contributed by atoms with Crippen molar-refractivity contribution in [2.24, 2.45) is 5.92 Å². The Morgan fingerprint density at radius 3 is 2.29 bits per heavy atom. The minimum atomic E-state index is -0.530. The van der Waals surface area contributed by atoms with Crippen molar-refractivity contribution in [3.63, 3.8) is 0 Å². The molecule has 2 nitrogen and oxygen atoms in total. The molecule has 0 aliphatic carbocycles. The summed E-state index contributed by atoms with van der Waals surface area (Å²) in [5.74, 6) is 1.26. The molecule has 0 spiro atoms. The van der Waals surface area contributed by atoms with Crippen molar-refractivity contribution in [3.8, 4) is 5.75 Å². The third-order valence-corrected chi connectivity index (χ3v) is 4.22. The second-order valence-electron chi connectivity index (χ2n) is 5.54. The molecule has 3 atom stereocenters. The fraction of sp³-hybridized carbons (Fsp3) is 0.368. The minimum absolute atomic E-state index is 0.0864. The van der Waals surface area contributed by atoms with Gasteiger partial charge in [-0.2, -0.15) is 0 Å². The van der Waals surface area contributed by atoms with E-state index < -0.39 is 6.10 Å². The van der Waals surface area contributed by atoms with E-state index in [1.807, 2.05) is 42.5 Å². The van der Waals surface area contributed by atoms with E-state index in [0.29, 0.717) is 5.92 Å². The molecular weight excluding hydrogens is 260 g/mol. The number of hydrogen-bond acceptors (Lipinski definition) is 2. The van der Waals surface area contributed by atoms with Crippen LogP contribution in [-0.2, 0) is 0 Å². The fourth-order valence-electron chi connectivity index (χ4n) is 2.78. The standard InChI is InChI=1S/C19H24O2/c1-4-14(2)18(15-9-6-5-7-10-15)19(20)16-11-8-12-17(13-16)21-3/h5-14,18-20H,4H2,1-3H3. The first-order valence-electron chi connectivity index (χ1n) is 7.54. The van der Waals surface area contributed by atoms with Crippen molar-refractivity contribution in [3.05, 3.63) is 65.7 Å². The molecule has 0 aliphatic rings. The third kappa shape index (κ3) is 3.64. The predicted octanol–water partition coefficient (Wildman–Crippen LogP) is 4.56. The summed E-state index contributed by atoms with van der Waals surface area (Å²) in [5, 5.41) is 10.9. The van der Waals surface area contributed by atoms with E-state index >= 15 is 0 Å². The van der Waals surface area contributed by atoms with E-state index in [9.17, 15) is 5.11 Å². The van der Waals surface area contributed by atoms with Gasteiger partial charge in [-0.05, 0) is 29.2 Å². The summed E-state index contributed by atoms with van der Waals surface area (Å²) in [6.07, 6.45) is 0.498. The molecule has 0 aliphatic heterocycles. The van der Waals surface area contributed by atoms with Crippen LogP contribution < -0.4 is 4.74 Å². The van der Waals surface area contributed by atoms with Crippen LogP contribution in [0.5, 0.6) is 5.75 Å². The SMILES string of the molecule is CCC(C)C(c1ccccc1)C(O)c1cccc(OC)c1. The Kier molecular flexibility index (Phi) is 5.40. The normalized spacial score (nSPS) is 15.2. The van der Waals surface area contributed by atoms with Gasteiger partial charge in [0.2, 0.25) is 0 Å². The lowest BCUT2D eigenvalue weighted by atomic mass is 9.79. The zero-order valence-electron chi connectivity index (χ0n) is 13.0. The first kappa shape index (κ1) is 15.6. The van der Waals surface area contributed by atoms with Gasteiger partial charge in [-0.1, -0.05) is 62.7 Å². The van der Waals surface area contributed by atoms with E-state index in [-0.39, 0.29) is 5.92 Å². The number of aliphatic hydroxyl groups is 1. The van der Waals surface area contributed by atoms with Crippen LogP contribution in [0.25, 0.3) is 0 Å². The van der Waals surface area contributed by atoms with E-state index in [0.717, 1.165) is 17.7 Å². The number of hydrogen-bond donors (Lipinski definition) is 1. The summed E-state index contributed by atoms with van der Waals surface area (Å²) in [4.78, 5) is 0. The summed E-state index contributed by atoms with van der Waals surface area (Å²) in [5.41, 5.74) is 2.09. The molecule has 21 heavy (non-hydrogen) atoms. The van der Waals surface area contributed by atoms with Crippen LogP contribution in [0.2, 0.25) is 0 Å². The maximum absolute atomic E-state index is 10.9.